The Kier molecular flexibility index (Phi) is 13.9. The van der Waals surface area contributed by atoms with Crippen LogP contribution < -0.4 is 26.2 Å². The van der Waals surface area contributed by atoms with Crippen molar-refractivity contribution in [3.05, 3.63) is 190 Å². The monoisotopic (exact) mass is 1220 g/mol. The molecule has 5 heteroatoms. The van der Waals surface area contributed by atoms with Crippen molar-refractivity contribution < 1.29 is 19.8 Å². The molecule has 0 saturated heterocycles. The SMILES string of the molecule is CCCC.Cc1cc(C(C)(C)C)c[c-]c1N1c2[c-]cc(C(C)(C)C)cc2B2c3cc4c5cc(C(C)(C)C)ccc5n(-c5c(C)cccc5C)c4cc3N(c3ccc4c(c3)C(C)(C)c3ccccc3-4)c3cc(C(C)(C)C)cc1c32.[Os+2]. The summed E-state index contributed by atoms with van der Waals surface area (Å²) in [6.07, 6.45) is 2.64. The second-order valence-electron chi connectivity index (χ2n) is 27.8. The molecule has 3 aliphatic rings. The summed E-state index contributed by atoms with van der Waals surface area (Å²) in [5.41, 5.74) is 28.4. The Morgan fingerprint density at radius 3 is 1.65 bits per heavy atom. The number of rotatable bonds is 4. The first-order chi connectivity index (χ1) is 36.6. The van der Waals surface area contributed by atoms with E-state index in [9.17, 15) is 0 Å². The third-order valence-corrected chi connectivity index (χ3v) is 17.6. The molecular weight excluding hydrogens is 1130 g/mol. The number of nitrogens with zero attached hydrogens (tertiary/aromatic N) is 3. The van der Waals surface area contributed by atoms with Gasteiger partial charge in [0.25, 0.3) is 0 Å². The Morgan fingerprint density at radius 1 is 0.468 bits per heavy atom. The van der Waals surface area contributed by atoms with E-state index in [1.54, 1.807) is 0 Å². The van der Waals surface area contributed by atoms with Gasteiger partial charge in [-0.25, -0.2) is 0 Å². The Balaban J connectivity index is 0.00000136. The number of benzene rings is 8. The van der Waals surface area contributed by atoms with Gasteiger partial charge < -0.3 is 14.4 Å². The molecule has 8 aromatic carbocycles. The fourth-order valence-corrected chi connectivity index (χ4v) is 12.8. The molecule has 404 valence electrons. The second kappa shape index (κ2) is 19.5. The quantitative estimate of drug-likeness (QED) is 0.129. The van der Waals surface area contributed by atoms with Gasteiger partial charge >= 0.3 is 19.8 Å². The number of para-hydroxylation sites is 1. The third kappa shape index (κ3) is 9.14. The normalized spacial score (nSPS) is 14.3. The van der Waals surface area contributed by atoms with Gasteiger partial charge in [0.05, 0.1) is 16.7 Å². The first-order valence-electron chi connectivity index (χ1n) is 29.0. The average Bonchev–Trinajstić information content (AvgIpc) is 4.05. The Hall–Kier alpha value is -6.14. The van der Waals surface area contributed by atoms with E-state index in [4.69, 9.17) is 0 Å². The third-order valence-electron chi connectivity index (χ3n) is 17.6. The van der Waals surface area contributed by atoms with Gasteiger partial charge in [-0.2, -0.15) is 47.5 Å². The van der Waals surface area contributed by atoms with Crippen molar-refractivity contribution in [1.82, 2.24) is 4.57 Å². The minimum absolute atomic E-state index is 0. The van der Waals surface area contributed by atoms with Gasteiger partial charge in [0, 0.05) is 38.9 Å². The van der Waals surface area contributed by atoms with Crippen LogP contribution in [-0.2, 0) is 46.9 Å². The number of hydrogen-bond donors (Lipinski definition) is 0. The molecule has 3 heterocycles. The molecule has 0 amide bonds. The van der Waals surface area contributed by atoms with Crippen LogP contribution in [0.1, 0.15) is 174 Å². The number of anilines is 6. The van der Waals surface area contributed by atoms with E-state index in [1.807, 2.05) is 0 Å². The molecule has 12 rings (SSSR count). The summed E-state index contributed by atoms with van der Waals surface area (Å²) < 4.78 is 2.58. The molecule has 0 bridgehead atoms. The maximum atomic E-state index is 4.03. The molecule has 0 saturated carbocycles. The summed E-state index contributed by atoms with van der Waals surface area (Å²) in [5, 5.41) is 2.56. The van der Waals surface area contributed by atoms with E-state index in [0.717, 1.165) is 11.4 Å². The molecule has 0 fully saturated rings. The van der Waals surface area contributed by atoms with Crippen LogP contribution in [0.25, 0.3) is 38.6 Å². The fourth-order valence-electron chi connectivity index (χ4n) is 12.8. The molecule has 0 atom stereocenters. The average molecular weight is 1210 g/mol. The fraction of sp³-hybridized carbons (Fsp3) is 0.351. The molecule has 1 aromatic heterocycles. The first kappa shape index (κ1) is 56.1. The molecule has 1 aliphatic carbocycles. The van der Waals surface area contributed by atoms with Crippen LogP contribution in [0, 0.1) is 32.9 Å². The number of hydrogen-bond acceptors (Lipinski definition) is 2. The van der Waals surface area contributed by atoms with Gasteiger partial charge in [0.2, 0.25) is 0 Å². The van der Waals surface area contributed by atoms with Crippen molar-refractivity contribution in [1.29, 1.82) is 0 Å². The standard InChI is InChI=1S/C70H72BN3.C4H10.Os/c1-41-21-20-22-42(2)65(41)74-58-31-26-45(67(7,8)9)34-51(58)52-39-56-61(40-60(52)74)72(48-28-29-50-49-23-18-19-24-53(49)70(16,17)54(50)38-48)62-36-47(69(13,14)15)37-63-64(62)71(56)55-35-46(68(10,11)12)27-32-59(55)73(63)57-30-25-44(33-43(57)3)66(4,5)6;1-3-4-2;/h18-29,31,33-40H,1-17H3;3-4H2,1-2H3;/q-2;;+2. The number of aryl methyl sites for hydroxylation is 3. The van der Waals surface area contributed by atoms with Crippen LogP contribution in [0.5, 0.6) is 0 Å². The molecule has 9 aromatic rings. The van der Waals surface area contributed by atoms with Crippen molar-refractivity contribution in [2.45, 2.75) is 171 Å². The van der Waals surface area contributed by atoms with Gasteiger partial charge in [-0.3, -0.25) is 0 Å². The molecule has 79 heavy (non-hydrogen) atoms. The number of aromatic nitrogens is 1. The van der Waals surface area contributed by atoms with Gasteiger partial charge in [-0.15, -0.1) is 11.0 Å². The van der Waals surface area contributed by atoms with Gasteiger partial charge in [-0.1, -0.05) is 219 Å². The molecular formula is C74H82BN3Os. The number of unbranched alkanes of at least 4 members (excludes halogenated alkanes) is 1. The van der Waals surface area contributed by atoms with Crippen molar-refractivity contribution in [3.63, 3.8) is 0 Å². The van der Waals surface area contributed by atoms with Crippen LogP contribution in [0.3, 0.4) is 0 Å². The zero-order valence-electron chi connectivity index (χ0n) is 50.8. The summed E-state index contributed by atoms with van der Waals surface area (Å²) >= 11 is 0. The smallest absolute Gasteiger partial charge is 0.359 e. The van der Waals surface area contributed by atoms with E-state index < -0.39 is 0 Å². The molecule has 0 unspecified atom stereocenters. The summed E-state index contributed by atoms with van der Waals surface area (Å²) in [7, 11) is 0. The zero-order chi connectivity index (χ0) is 55.9. The maximum Gasteiger partial charge on any atom is 2.00 e. The van der Waals surface area contributed by atoms with Crippen LogP contribution in [0.15, 0.2) is 127 Å². The van der Waals surface area contributed by atoms with Crippen LogP contribution in [-0.4, -0.2) is 11.3 Å². The van der Waals surface area contributed by atoms with Gasteiger partial charge in [0.15, 0.2) is 6.71 Å². The van der Waals surface area contributed by atoms with Gasteiger partial charge in [0.1, 0.15) is 0 Å². The first-order valence-corrected chi connectivity index (χ1v) is 29.0. The topological polar surface area (TPSA) is 11.4 Å². The number of fused-ring (bicyclic) bond motifs is 10. The van der Waals surface area contributed by atoms with E-state index >= 15 is 0 Å². The summed E-state index contributed by atoms with van der Waals surface area (Å²) in [6, 6.07) is 58.0. The molecule has 3 nitrogen and oxygen atoms in total. The van der Waals surface area contributed by atoms with Crippen molar-refractivity contribution in [2.24, 2.45) is 0 Å². The predicted molar refractivity (Wildman–Crippen MR) is 340 cm³/mol. The Bertz CT molecular complexity index is 3870. The summed E-state index contributed by atoms with van der Waals surface area (Å²) in [6.45, 7) is 43.9. The van der Waals surface area contributed by atoms with Crippen LogP contribution in [0.4, 0.5) is 34.1 Å². The van der Waals surface area contributed by atoms with E-state index in [1.165, 1.54) is 141 Å². The Morgan fingerprint density at radius 2 is 1.04 bits per heavy atom. The summed E-state index contributed by atoms with van der Waals surface area (Å²) in [4.78, 5) is 5.19. The minimum Gasteiger partial charge on any atom is -0.359 e. The molecule has 0 spiro atoms. The van der Waals surface area contributed by atoms with Crippen LogP contribution in [0.2, 0.25) is 0 Å². The second-order valence-corrected chi connectivity index (χ2v) is 27.8. The van der Waals surface area contributed by atoms with Crippen molar-refractivity contribution >= 4 is 79.0 Å². The van der Waals surface area contributed by atoms with Gasteiger partial charge in [-0.05, 0) is 117 Å². The van der Waals surface area contributed by atoms with Crippen molar-refractivity contribution in [3.8, 4) is 16.8 Å². The van der Waals surface area contributed by atoms with E-state index in [0.29, 0.717) is 0 Å². The molecule has 0 radical (unpaired) electrons. The van der Waals surface area contributed by atoms with E-state index in [2.05, 4.69) is 285 Å². The minimum atomic E-state index is -0.180. The predicted octanol–water partition coefficient (Wildman–Crippen LogP) is 18.7. The maximum absolute atomic E-state index is 4.03. The largest absolute Gasteiger partial charge is 2.00 e. The molecule has 0 N–H and O–H groups in total. The van der Waals surface area contributed by atoms with Crippen molar-refractivity contribution in [2.75, 3.05) is 9.80 Å². The summed E-state index contributed by atoms with van der Waals surface area (Å²) in [5.74, 6) is 0. The zero-order valence-corrected chi connectivity index (χ0v) is 53.4. The molecule has 2 aliphatic heterocycles. The van der Waals surface area contributed by atoms with Crippen LogP contribution >= 0.6 is 0 Å². The van der Waals surface area contributed by atoms with E-state index in [-0.39, 0.29) is 53.6 Å². The Labute approximate surface area is 488 Å².